The Labute approximate surface area is 61.3 Å². The van der Waals surface area contributed by atoms with Gasteiger partial charge >= 0.3 is 0 Å². The second kappa shape index (κ2) is 3.37. The van der Waals surface area contributed by atoms with Gasteiger partial charge in [0.2, 0.25) is 6.33 Å². The van der Waals surface area contributed by atoms with Crippen LogP contribution in [0.2, 0.25) is 0 Å². The fraction of sp³-hybridized carbons (Fsp3) is 0.571. The summed E-state index contributed by atoms with van der Waals surface area (Å²) in [4.78, 5) is 5.16. The van der Waals surface area contributed by atoms with Crippen molar-refractivity contribution in [1.29, 1.82) is 0 Å². The topological polar surface area (TPSA) is 22.9 Å². The highest BCUT2D eigenvalue weighted by atomic mass is 15.1. The van der Waals surface area contributed by atoms with E-state index in [1.165, 1.54) is 0 Å². The largest absolute Gasteiger partial charge is 0.305 e. The Morgan fingerprint density at radius 1 is 1.50 bits per heavy atom. The Balaban J connectivity index is 2.28. The summed E-state index contributed by atoms with van der Waals surface area (Å²) in [6.07, 6.45) is 5.92. The van der Waals surface area contributed by atoms with Crippen LogP contribution in [0.25, 0.3) is 0 Å². The third kappa shape index (κ3) is 2.19. The summed E-state index contributed by atoms with van der Waals surface area (Å²) in [5.41, 5.74) is 0. The standard InChI is InChI=1S/C7H13N3/c1-9(2)5-6-10-4-3-8-7-10/h3-4,7H,5-6H2,1-2H3/p+1. The number of hydrogen-bond donors (Lipinski definition) is 1. The number of rotatable bonds is 3. The zero-order valence-electron chi connectivity index (χ0n) is 6.54. The van der Waals surface area contributed by atoms with E-state index in [0.29, 0.717) is 0 Å². The van der Waals surface area contributed by atoms with Gasteiger partial charge in [-0.25, -0.2) is 4.57 Å². The average Bonchev–Trinajstić information content (AvgIpc) is 2.34. The zero-order chi connectivity index (χ0) is 7.40. The molecule has 0 saturated carbocycles. The molecule has 1 aromatic rings. The number of likely N-dealkylation sites (N-methyl/N-ethyl adjacent to an activating group) is 1. The minimum Gasteiger partial charge on any atom is -0.305 e. The van der Waals surface area contributed by atoms with E-state index in [4.69, 9.17) is 0 Å². The summed E-state index contributed by atoms with van der Waals surface area (Å²) in [6, 6.07) is 0. The van der Waals surface area contributed by atoms with Crippen LogP contribution in [0.1, 0.15) is 0 Å². The molecule has 0 amide bonds. The normalized spacial score (nSPS) is 10.7. The van der Waals surface area contributed by atoms with Crippen LogP contribution in [0.4, 0.5) is 0 Å². The zero-order valence-corrected chi connectivity index (χ0v) is 6.54. The van der Waals surface area contributed by atoms with E-state index in [1.54, 1.807) is 0 Å². The van der Waals surface area contributed by atoms with E-state index >= 15 is 0 Å². The van der Waals surface area contributed by atoms with Gasteiger partial charge < -0.3 is 4.90 Å². The van der Waals surface area contributed by atoms with Crippen LogP contribution >= 0.6 is 0 Å². The van der Waals surface area contributed by atoms with Crippen LogP contribution < -0.4 is 4.57 Å². The van der Waals surface area contributed by atoms with E-state index in [2.05, 4.69) is 28.5 Å². The first kappa shape index (κ1) is 7.28. The van der Waals surface area contributed by atoms with Crippen molar-refractivity contribution in [3.63, 3.8) is 0 Å². The predicted molar refractivity (Wildman–Crippen MR) is 39.5 cm³/mol. The van der Waals surface area contributed by atoms with E-state index in [0.717, 1.165) is 13.1 Å². The first-order valence-electron chi connectivity index (χ1n) is 3.45. The Bertz CT molecular complexity index is 167. The number of aromatic nitrogens is 2. The molecule has 0 radical (unpaired) electrons. The quantitative estimate of drug-likeness (QED) is 0.580. The first-order valence-corrected chi connectivity index (χ1v) is 3.45. The second-order valence-electron chi connectivity index (χ2n) is 2.65. The SMILES string of the molecule is CN(C)CC[n+]1cc[nH]c1. The van der Waals surface area contributed by atoms with Gasteiger partial charge in [0.05, 0.1) is 0 Å². The van der Waals surface area contributed by atoms with Crippen molar-refractivity contribution in [2.24, 2.45) is 0 Å². The molecule has 0 spiro atoms. The Hall–Kier alpha value is -0.830. The second-order valence-corrected chi connectivity index (χ2v) is 2.65. The third-order valence-corrected chi connectivity index (χ3v) is 1.41. The van der Waals surface area contributed by atoms with Crippen LogP contribution in [0, 0.1) is 0 Å². The highest BCUT2D eigenvalue weighted by Crippen LogP contribution is 1.74. The fourth-order valence-corrected chi connectivity index (χ4v) is 0.775. The van der Waals surface area contributed by atoms with Crippen LogP contribution in [-0.4, -0.2) is 30.5 Å². The van der Waals surface area contributed by atoms with Gasteiger partial charge in [-0.3, -0.25) is 4.98 Å². The molecule has 56 valence electrons. The van der Waals surface area contributed by atoms with Crippen LogP contribution in [0.3, 0.4) is 0 Å². The predicted octanol–water partition coefficient (Wildman–Crippen LogP) is -0.136. The van der Waals surface area contributed by atoms with Gasteiger partial charge in [0.15, 0.2) is 0 Å². The minimum absolute atomic E-state index is 1.05. The van der Waals surface area contributed by atoms with Gasteiger partial charge in [0.25, 0.3) is 0 Å². The molecule has 0 saturated heterocycles. The van der Waals surface area contributed by atoms with Gasteiger partial charge in [-0.05, 0) is 14.1 Å². The molecule has 0 fully saturated rings. The molecule has 10 heavy (non-hydrogen) atoms. The lowest BCUT2D eigenvalue weighted by molar-refractivity contribution is -0.695. The molecule has 1 heterocycles. The number of nitrogens with zero attached hydrogens (tertiary/aromatic N) is 2. The molecule has 0 atom stereocenters. The lowest BCUT2D eigenvalue weighted by atomic mass is 10.6. The average molecular weight is 140 g/mol. The molecule has 0 aliphatic rings. The molecule has 3 heteroatoms. The summed E-state index contributed by atoms with van der Waals surface area (Å²) in [6.45, 7) is 2.14. The van der Waals surface area contributed by atoms with Gasteiger partial charge in [-0.2, -0.15) is 0 Å². The minimum atomic E-state index is 1.05. The molecule has 1 aromatic heterocycles. The summed E-state index contributed by atoms with van der Waals surface area (Å²) in [7, 11) is 4.15. The molecule has 0 aromatic carbocycles. The Kier molecular flexibility index (Phi) is 2.45. The van der Waals surface area contributed by atoms with Crippen molar-refractivity contribution < 1.29 is 4.57 Å². The highest BCUT2D eigenvalue weighted by Gasteiger charge is 1.95. The molecule has 3 nitrogen and oxygen atoms in total. The number of imidazole rings is 1. The third-order valence-electron chi connectivity index (χ3n) is 1.41. The summed E-state index contributed by atoms with van der Waals surface area (Å²) < 4.78 is 2.12. The smallest absolute Gasteiger partial charge is 0.241 e. The highest BCUT2D eigenvalue weighted by molar-refractivity contribution is 4.55. The molecule has 1 rings (SSSR count). The van der Waals surface area contributed by atoms with E-state index in [-0.39, 0.29) is 0 Å². The molecule has 0 aliphatic carbocycles. The number of aromatic amines is 1. The van der Waals surface area contributed by atoms with Gasteiger partial charge in [-0.15, -0.1) is 0 Å². The lowest BCUT2D eigenvalue weighted by Gasteiger charge is -2.05. The Morgan fingerprint density at radius 3 is 2.80 bits per heavy atom. The van der Waals surface area contributed by atoms with Crippen molar-refractivity contribution in [1.82, 2.24) is 9.88 Å². The van der Waals surface area contributed by atoms with E-state index in [1.807, 2.05) is 18.7 Å². The summed E-state index contributed by atoms with van der Waals surface area (Å²) >= 11 is 0. The summed E-state index contributed by atoms with van der Waals surface area (Å²) in [5.74, 6) is 0. The number of H-pyrrole nitrogens is 1. The van der Waals surface area contributed by atoms with Crippen LogP contribution in [0.15, 0.2) is 18.7 Å². The molecule has 1 N–H and O–H groups in total. The van der Waals surface area contributed by atoms with Crippen molar-refractivity contribution in [2.75, 3.05) is 20.6 Å². The first-order chi connectivity index (χ1) is 4.79. The molecular formula is C7H14N3+. The Morgan fingerprint density at radius 2 is 2.30 bits per heavy atom. The van der Waals surface area contributed by atoms with Crippen molar-refractivity contribution in [3.8, 4) is 0 Å². The maximum atomic E-state index is 3.00. The molecule has 0 unspecified atom stereocenters. The molecule has 0 aliphatic heterocycles. The maximum absolute atomic E-state index is 3.00. The van der Waals surface area contributed by atoms with Crippen molar-refractivity contribution >= 4 is 0 Å². The fourth-order valence-electron chi connectivity index (χ4n) is 0.775. The van der Waals surface area contributed by atoms with E-state index < -0.39 is 0 Å². The molecule has 0 bridgehead atoms. The van der Waals surface area contributed by atoms with Gasteiger partial charge in [-0.1, -0.05) is 0 Å². The van der Waals surface area contributed by atoms with Gasteiger partial charge in [0.1, 0.15) is 18.9 Å². The van der Waals surface area contributed by atoms with Gasteiger partial charge in [0, 0.05) is 6.54 Å². The van der Waals surface area contributed by atoms with Crippen molar-refractivity contribution in [2.45, 2.75) is 6.54 Å². The van der Waals surface area contributed by atoms with Crippen molar-refractivity contribution in [3.05, 3.63) is 18.7 Å². The number of nitrogens with one attached hydrogen (secondary N) is 1. The monoisotopic (exact) mass is 140 g/mol. The lowest BCUT2D eigenvalue weighted by Crippen LogP contribution is -2.36. The van der Waals surface area contributed by atoms with E-state index in [9.17, 15) is 0 Å². The number of hydrogen-bond acceptors (Lipinski definition) is 1. The van der Waals surface area contributed by atoms with Crippen LogP contribution in [0.5, 0.6) is 0 Å². The molecular weight excluding hydrogens is 126 g/mol. The van der Waals surface area contributed by atoms with Crippen LogP contribution in [-0.2, 0) is 6.54 Å². The maximum Gasteiger partial charge on any atom is 0.241 e. The summed E-state index contributed by atoms with van der Waals surface area (Å²) in [5, 5.41) is 0.